The zero-order valence-electron chi connectivity index (χ0n) is 11.2. The number of nitro groups is 1. The highest BCUT2D eigenvalue weighted by Gasteiger charge is 2.23. The van der Waals surface area contributed by atoms with E-state index in [0.717, 1.165) is 25.7 Å². The smallest absolute Gasteiger partial charge is 0.381 e. The van der Waals surface area contributed by atoms with Gasteiger partial charge in [-0.2, -0.15) is 0 Å². The van der Waals surface area contributed by atoms with Crippen LogP contribution in [0, 0.1) is 10.1 Å². The molecule has 0 aliphatic rings. The van der Waals surface area contributed by atoms with Crippen LogP contribution in [-0.2, 0) is 9.53 Å². The second kappa shape index (κ2) is 7.50. The van der Waals surface area contributed by atoms with Gasteiger partial charge >= 0.3 is 11.8 Å². The zero-order valence-corrected chi connectivity index (χ0v) is 11.2. The van der Waals surface area contributed by atoms with Crippen LogP contribution in [0.25, 0.3) is 0 Å². The zero-order chi connectivity index (χ0) is 14.3. The maximum Gasteiger partial charge on any atom is 0.381 e. The molecule has 0 amide bonds. The molecule has 0 saturated heterocycles. The van der Waals surface area contributed by atoms with Gasteiger partial charge in [-0.3, -0.25) is 4.57 Å². The molecule has 0 N–H and O–H groups in total. The van der Waals surface area contributed by atoms with Crippen molar-refractivity contribution in [3.8, 4) is 0 Å². The second-order valence-electron chi connectivity index (χ2n) is 4.32. The van der Waals surface area contributed by atoms with E-state index in [1.807, 2.05) is 0 Å². The van der Waals surface area contributed by atoms with Crippen LogP contribution in [0.1, 0.15) is 45.1 Å². The van der Waals surface area contributed by atoms with Crippen LogP contribution in [0.2, 0.25) is 0 Å². The summed E-state index contributed by atoms with van der Waals surface area (Å²) in [5.41, 5.74) is 0. The minimum absolute atomic E-state index is 0.262. The number of aromatic nitrogens is 2. The summed E-state index contributed by atoms with van der Waals surface area (Å²) in [4.78, 5) is 25.4. The van der Waals surface area contributed by atoms with Crippen molar-refractivity contribution in [2.24, 2.45) is 0 Å². The van der Waals surface area contributed by atoms with Gasteiger partial charge in [0.1, 0.15) is 12.2 Å². The number of carbonyl (C=O) groups is 1. The van der Waals surface area contributed by atoms with E-state index in [0.29, 0.717) is 6.42 Å². The van der Waals surface area contributed by atoms with Gasteiger partial charge in [0.05, 0.1) is 7.11 Å². The lowest BCUT2D eigenvalue weighted by Crippen LogP contribution is -2.19. The predicted octanol–water partition coefficient (Wildman–Crippen LogP) is 2.48. The lowest BCUT2D eigenvalue weighted by Gasteiger charge is -2.14. The molecule has 7 heteroatoms. The van der Waals surface area contributed by atoms with Crippen LogP contribution in [-0.4, -0.2) is 27.6 Å². The van der Waals surface area contributed by atoms with Gasteiger partial charge in [0.15, 0.2) is 0 Å². The summed E-state index contributed by atoms with van der Waals surface area (Å²) in [6.45, 7) is 2.11. The molecule has 0 spiro atoms. The number of esters is 1. The van der Waals surface area contributed by atoms with Gasteiger partial charge in [0.25, 0.3) is 0 Å². The third-order valence-corrected chi connectivity index (χ3v) is 2.94. The molecule has 0 saturated carbocycles. The number of rotatable bonds is 8. The molecule has 7 nitrogen and oxygen atoms in total. The fourth-order valence-corrected chi connectivity index (χ4v) is 1.88. The first-order valence-corrected chi connectivity index (χ1v) is 6.35. The summed E-state index contributed by atoms with van der Waals surface area (Å²) in [6, 6.07) is -0.539. The van der Waals surface area contributed by atoms with E-state index < -0.39 is 16.9 Å². The minimum atomic E-state index is -0.581. The number of methoxy groups -OCH3 is 1. The quantitative estimate of drug-likeness (QED) is 0.313. The highest BCUT2D eigenvalue weighted by atomic mass is 16.6. The van der Waals surface area contributed by atoms with Crippen molar-refractivity contribution < 1.29 is 14.5 Å². The van der Waals surface area contributed by atoms with E-state index in [1.165, 1.54) is 24.2 Å². The number of nitrogens with zero attached hydrogens (tertiary/aromatic N) is 3. The SMILES string of the molecule is CCCCCC[C@H](C(=O)OC)n1cnc([N+](=O)[O-])c1. The summed E-state index contributed by atoms with van der Waals surface area (Å²) in [6.07, 6.45) is 7.29. The fourth-order valence-electron chi connectivity index (χ4n) is 1.88. The molecule has 0 aliphatic heterocycles. The first kappa shape index (κ1) is 15.1. The number of hydrogen-bond donors (Lipinski definition) is 0. The largest absolute Gasteiger partial charge is 0.467 e. The maximum absolute atomic E-state index is 11.7. The van der Waals surface area contributed by atoms with E-state index in [2.05, 4.69) is 11.9 Å². The van der Waals surface area contributed by atoms with E-state index in [-0.39, 0.29) is 5.82 Å². The first-order chi connectivity index (χ1) is 9.10. The average Bonchev–Trinajstić information content (AvgIpc) is 2.87. The summed E-state index contributed by atoms with van der Waals surface area (Å²) in [7, 11) is 1.31. The molecule has 19 heavy (non-hydrogen) atoms. The van der Waals surface area contributed by atoms with Gasteiger partial charge in [0.2, 0.25) is 6.33 Å². The molecule has 1 aromatic rings. The Morgan fingerprint density at radius 3 is 2.79 bits per heavy atom. The Morgan fingerprint density at radius 1 is 1.53 bits per heavy atom. The van der Waals surface area contributed by atoms with E-state index >= 15 is 0 Å². The molecule has 0 unspecified atom stereocenters. The normalized spacial score (nSPS) is 12.1. The topological polar surface area (TPSA) is 87.3 Å². The number of hydrogen-bond acceptors (Lipinski definition) is 5. The highest BCUT2D eigenvalue weighted by Crippen LogP contribution is 2.20. The van der Waals surface area contributed by atoms with Crippen molar-refractivity contribution in [3.63, 3.8) is 0 Å². The summed E-state index contributed by atoms with van der Waals surface area (Å²) in [5, 5.41) is 10.6. The van der Waals surface area contributed by atoms with E-state index in [1.54, 1.807) is 0 Å². The van der Waals surface area contributed by atoms with Crippen molar-refractivity contribution in [2.75, 3.05) is 7.11 Å². The van der Waals surface area contributed by atoms with Crippen molar-refractivity contribution in [3.05, 3.63) is 22.6 Å². The Bertz CT molecular complexity index is 430. The lowest BCUT2D eigenvalue weighted by atomic mass is 10.1. The number of carbonyl (C=O) groups excluding carboxylic acids is 1. The van der Waals surface area contributed by atoms with Crippen molar-refractivity contribution in [2.45, 2.75) is 45.1 Å². The van der Waals surface area contributed by atoms with Gasteiger partial charge in [-0.1, -0.05) is 32.6 Å². The molecule has 1 aromatic heterocycles. The van der Waals surface area contributed by atoms with Crippen LogP contribution in [0.15, 0.2) is 12.5 Å². The van der Waals surface area contributed by atoms with Crippen molar-refractivity contribution in [1.29, 1.82) is 0 Å². The van der Waals surface area contributed by atoms with Gasteiger partial charge in [-0.15, -0.1) is 0 Å². The summed E-state index contributed by atoms with van der Waals surface area (Å²) < 4.78 is 6.19. The van der Waals surface area contributed by atoms with Gasteiger partial charge in [-0.25, -0.2) is 4.79 Å². The molecule has 1 atom stereocenters. The molecule has 0 aromatic carbocycles. The van der Waals surface area contributed by atoms with Crippen LogP contribution in [0.4, 0.5) is 5.82 Å². The van der Waals surface area contributed by atoms with Crippen LogP contribution in [0.5, 0.6) is 0 Å². The Labute approximate surface area is 111 Å². The number of imidazole rings is 1. The Morgan fingerprint density at radius 2 is 2.26 bits per heavy atom. The molecular formula is C12H19N3O4. The lowest BCUT2D eigenvalue weighted by molar-refractivity contribution is -0.389. The van der Waals surface area contributed by atoms with E-state index in [9.17, 15) is 14.9 Å². The minimum Gasteiger partial charge on any atom is -0.467 e. The predicted molar refractivity (Wildman–Crippen MR) is 68.7 cm³/mol. The monoisotopic (exact) mass is 269 g/mol. The first-order valence-electron chi connectivity index (χ1n) is 6.35. The Kier molecular flexibility index (Phi) is 5.98. The van der Waals surface area contributed by atoms with Gasteiger partial charge in [0, 0.05) is 0 Å². The Balaban J connectivity index is 2.72. The highest BCUT2D eigenvalue weighted by molar-refractivity contribution is 5.74. The number of unbranched alkanes of at least 4 members (excludes halogenated alkanes) is 3. The van der Waals surface area contributed by atoms with Gasteiger partial charge in [-0.05, 0) is 16.3 Å². The maximum atomic E-state index is 11.7. The molecule has 0 radical (unpaired) electrons. The van der Waals surface area contributed by atoms with E-state index in [4.69, 9.17) is 4.74 Å². The van der Waals surface area contributed by atoms with Crippen LogP contribution < -0.4 is 0 Å². The number of ether oxygens (including phenoxy) is 1. The Hall–Kier alpha value is -1.92. The summed E-state index contributed by atoms with van der Waals surface area (Å²) >= 11 is 0. The van der Waals surface area contributed by atoms with Gasteiger partial charge < -0.3 is 14.9 Å². The third kappa shape index (κ3) is 4.35. The average molecular weight is 269 g/mol. The molecule has 0 bridgehead atoms. The van der Waals surface area contributed by atoms with Crippen LogP contribution >= 0.6 is 0 Å². The second-order valence-corrected chi connectivity index (χ2v) is 4.32. The van der Waals surface area contributed by atoms with Crippen LogP contribution in [0.3, 0.4) is 0 Å². The molecular weight excluding hydrogens is 250 g/mol. The molecule has 0 aliphatic carbocycles. The summed E-state index contributed by atoms with van der Waals surface area (Å²) in [5.74, 6) is -0.661. The fraction of sp³-hybridized carbons (Fsp3) is 0.667. The molecule has 106 valence electrons. The van der Waals surface area contributed by atoms with Crippen molar-refractivity contribution >= 4 is 11.8 Å². The third-order valence-electron chi connectivity index (χ3n) is 2.94. The molecule has 1 heterocycles. The molecule has 0 fully saturated rings. The van der Waals surface area contributed by atoms with Crippen molar-refractivity contribution in [1.82, 2.24) is 9.55 Å². The standard InChI is InChI=1S/C12H19N3O4/c1-3-4-5-6-7-10(12(16)19-2)14-8-11(13-9-14)15(17)18/h8-10H,3-7H2,1-2H3/t10-/m1/s1. The molecule has 1 rings (SSSR count).